The highest BCUT2D eigenvalue weighted by atomic mass is 16.5. The summed E-state index contributed by atoms with van der Waals surface area (Å²) in [7, 11) is 1.67. The van der Waals surface area contributed by atoms with Crippen molar-refractivity contribution in [3.8, 4) is 0 Å². The van der Waals surface area contributed by atoms with Gasteiger partial charge >= 0.3 is 5.97 Å². The molecule has 4 atom stereocenters. The molecule has 2 rings (SSSR count). The first-order valence-electron chi connectivity index (χ1n) is 14.3. The Morgan fingerprint density at radius 3 is 2.54 bits per heavy atom. The van der Waals surface area contributed by atoms with Gasteiger partial charge in [0.15, 0.2) is 0 Å². The maximum absolute atomic E-state index is 12.6. The molecule has 0 spiro atoms. The van der Waals surface area contributed by atoms with Gasteiger partial charge in [-0.05, 0) is 49.1 Å². The molecule has 0 fully saturated rings. The van der Waals surface area contributed by atoms with Crippen LogP contribution in [-0.2, 0) is 20.9 Å². The number of methoxy groups -OCH3 is 1. The maximum Gasteiger partial charge on any atom is 0.307 e. The van der Waals surface area contributed by atoms with Gasteiger partial charge in [0.25, 0.3) is 0 Å². The summed E-state index contributed by atoms with van der Waals surface area (Å²) in [5.74, 6) is -1.95. The molecule has 1 aromatic heterocycles. The number of hydrogen-bond donors (Lipinski definition) is 4. The van der Waals surface area contributed by atoms with E-state index in [0.717, 1.165) is 42.1 Å². The highest BCUT2D eigenvalue weighted by Gasteiger charge is 2.33. The summed E-state index contributed by atoms with van der Waals surface area (Å²) in [5, 5.41) is 29.2. The van der Waals surface area contributed by atoms with Gasteiger partial charge in [-0.3, -0.25) is 14.3 Å². The van der Waals surface area contributed by atoms with Crippen molar-refractivity contribution in [1.29, 1.82) is 0 Å². The van der Waals surface area contributed by atoms with Gasteiger partial charge in [-0.1, -0.05) is 59.6 Å². The number of amides is 1. The van der Waals surface area contributed by atoms with E-state index in [1.54, 1.807) is 7.11 Å². The monoisotopic (exact) mass is 546 g/mol. The second-order valence-electron chi connectivity index (χ2n) is 11.8. The molecular formula is C30H50N4O5. The molecule has 1 amide bonds. The molecule has 9 heteroatoms. The van der Waals surface area contributed by atoms with E-state index in [1.165, 1.54) is 0 Å². The molecule has 39 heavy (non-hydrogen) atoms. The van der Waals surface area contributed by atoms with Crippen LogP contribution in [0.15, 0.2) is 24.4 Å². The Hall–Kier alpha value is -2.49. The van der Waals surface area contributed by atoms with Crippen molar-refractivity contribution < 1.29 is 24.5 Å². The number of carboxylic acid groups (broad SMARTS) is 1. The Kier molecular flexibility index (Phi) is 12.9. The van der Waals surface area contributed by atoms with Crippen molar-refractivity contribution >= 4 is 22.8 Å². The quantitative estimate of drug-likeness (QED) is 0.204. The van der Waals surface area contributed by atoms with Crippen LogP contribution in [0.4, 0.5) is 0 Å². The minimum Gasteiger partial charge on any atom is -0.481 e. The normalized spacial score (nSPS) is 15.3. The number of nitrogens with zero attached hydrogens (tertiary/aromatic N) is 2. The van der Waals surface area contributed by atoms with E-state index in [4.69, 9.17) is 10.5 Å². The lowest BCUT2D eigenvalue weighted by molar-refractivity contribution is -0.144. The first kappa shape index (κ1) is 32.7. The van der Waals surface area contributed by atoms with Gasteiger partial charge in [-0.25, -0.2) is 0 Å². The Morgan fingerprint density at radius 1 is 1.21 bits per heavy atom. The van der Waals surface area contributed by atoms with E-state index in [0.29, 0.717) is 26.0 Å². The molecule has 0 saturated heterocycles. The van der Waals surface area contributed by atoms with Crippen LogP contribution >= 0.6 is 0 Å². The largest absolute Gasteiger partial charge is 0.481 e. The molecule has 220 valence electrons. The topological polar surface area (TPSA) is 140 Å². The molecular weight excluding hydrogens is 496 g/mol. The van der Waals surface area contributed by atoms with E-state index in [9.17, 15) is 19.8 Å². The van der Waals surface area contributed by atoms with Crippen LogP contribution in [0.3, 0.4) is 0 Å². The molecule has 0 radical (unpaired) electrons. The van der Waals surface area contributed by atoms with Gasteiger partial charge < -0.3 is 26.0 Å². The summed E-state index contributed by atoms with van der Waals surface area (Å²) >= 11 is 0. The fourth-order valence-corrected chi connectivity index (χ4v) is 5.21. The average Bonchev–Trinajstić information content (AvgIpc) is 3.29. The van der Waals surface area contributed by atoms with Crippen molar-refractivity contribution in [2.75, 3.05) is 20.3 Å². The third-order valence-corrected chi connectivity index (χ3v) is 7.80. The van der Waals surface area contributed by atoms with Crippen molar-refractivity contribution in [1.82, 2.24) is 15.1 Å². The van der Waals surface area contributed by atoms with Crippen molar-refractivity contribution in [2.24, 2.45) is 23.0 Å². The minimum atomic E-state index is -0.927. The van der Waals surface area contributed by atoms with E-state index in [2.05, 4.69) is 17.3 Å². The number of unbranched alkanes of at least 4 members (excludes halogenated alkanes) is 1. The summed E-state index contributed by atoms with van der Waals surface area (Å²) in [5.41, 5.74) is 7.73. The number of carbonyl (C=O) groups excluding carboxylic acids is 1. The molecule has 5 N–H and O–H groups in total. The molecule has 2 aromatic rings. The highest BCUT2D eigenvalue weighted by molar-refractivity contribution is 5.82. The molecule has 0 aliphatic rings. The number of aliphatic hydroxyl groups is 1. The molecule has 1 heterocycles. The summed E-state index contributed by atoms with van der Waals surface area (Å²) < 4.78 is 7.10. The van der Waals surface area contributed by atoms with Crippen LogP contribution in [0.25, 0.3) is 10.9 Å². The van der Waals surface area contributed by atoms with Crippen LogP contribution < -0.4 is 11.1 Å². The van der Waals surface area contributed by atoms with E-state index in [-0.39, 0.29) is 24.3 Å². The fraction of sp³-hybridized carbons (Fsp3) is 0.700. The van der Waals surface area contributed by atoms with Crippen LogP contribution in [-0.4, -0.2) is 64.3 Å². The molecule has 0 aliphatic carbocycles. The lowest BCUT2D eigenvalue weighted by atomic mass is 9.76. The molecule has 0 saturated carbocycles. The van der Waals surface area contributed by atoms with Gasteiger partial charge in [0.05, 0.1) is 23.7 Å². The van der Waals surface area contributed by atoms with Crippen molar-refractivity contribution in [2.45, 2.75) is 97.8 Å². The Bertz CT molecular complexity index is 1050. The number of carboxylic acids is 1. The Morgan fingerprint density at radius 2 is 1.92 bits per heavy atom. The van der Waals surface area contributed by atoms with Crippen molar-refractivity contribution in [3.05, 3.63) is 30.0 Å². The van der Waals surface area contributed by atoms with Gasteiger partial charge in [0.1, 0.15) is 0 Å². The lowest BCUT2D eigenvalue weighted by Crippen LogP contribution is -2.46. The van der Waals surface area contributed by atoms with Gasteiger partial charge in [-0.2, -0.15) is 5.10 Å². The number of benzene rings is 1. The van der Waals surface area contributed by atoms with E-state index >= 15 is 0 Å². The average molecular weight is 547 g/mol. The number of fused-ring (bicyclic) bond motifs is 1. The minimum absolute atomic E-state index is 0.0688. The molecule has 1 unspecified atom stereocenters. The molecule has 9 nitrogen and oxygen atoms in total. The van der Waals surface area contributed by atoms with Crippen LogP contribution in [0.5, 0.6) is 0 Å². The SMILES string of the molecule is CCCCC(C)(C)C(=O)NC[C@H](O)[C@@H](N)CCC(c1ccc2cnn(CCCOC)c2c1)[C@@H](C(=O)O)C(C)C. The zero-order valence-electron chi connectivity index (χ0n) is 24.7. The predicted octanol–water partition coefficient (Wildman–Crippen LogP) is 4.31. The number of aliphatic carboxylic acids is 1. The first-order chi connectivity index (χ1) is 18.4. The zero-order valence-corrected chi connectivity index (χ0v) is 24.7. The van der Waals surface area contributed by atoms with Crippen LogP contribution in [0, 0.1) is 17.3 Å². The number of nitrogens with one attached hydrogen (secondary N) is 1. The van der Waals surface area contributed by atoms with Gasteiger partial charge in [-0.15, -0.1) is 0 Å². The van der Waals surface area contributed by atoms with Gasteiger partial charge in [0, 0.05) is 43.6 Å². The number of aromatic nitrogens is 2. The first-order valence-corrected chi connectivity index (χ1v) is 14.3. The molecule has 0 bridgehead atoms. The zero-order chi connectivity index (χ0) is 29.2. The maximum atomic E-state index is 12.6. The molecule has 0 aliphatic heterocycles. The third kappa shape index (κ3) is 9.29. The van der Waals surface area contributed by atoms with E-state index in [1.807, 2.05) is 56.8 Å². The van der Waals surface area contributed by atoms with Gasteiger partial charge in [0.2, 0.25) is 5.91 Å². The lowest BCUT2D eigenvalue weighted by Gasteiger charge is -2.30. The second kappa shape index (κ2) is 15.3. The summed E-state index contributed by atoms with van der Waals surface area (Å²) in [6, 6.07) is 5.41. The summed E-state index contributed by atoms with van der Waals surface area (Å²) in [6.07, 6.45) is 5.39. The Balaban J connectivity index is 2.17. The number of aryl methyl sites for hydroxylation is 1. The number of rotatable bonds is 18. The summed E-state index contributed by atoms with van der Waals surface area (Å²) in [6.45, 7) is 11.2. The number of nitrogens with two attached hydrogens (primary N) is 1. The van der Waals surface area contributed by atoms with Crippen LogP contribution in [0.1, 0.15) is 84.6 Å². The fourth-order valence-electron chi connectivity index (χ4n) is 5.21. The van der Waals surface area contributed by atoms with E-state index < -0.39 is 29.4 Å². The predicted molar refractivity (Wildman–Crippen MR) is 154 cm³/mol. The number of ether oxygens (including phenoxy) is 1. The van der Waals surface area contributed by atoms with Crippen molar-refractivity contribution in [3.63, 3.8) is 0 Å². The third-order valence-electron chi connectivity index (χ3n) is 7.80. The highest BCUT2D eigenvalue weighted by Crippen LogP contribution is 2.36. The standard InChI is InChI=1S/C30H50N4O5/c1-7-8-14-30(4,5)29(38)32-19-26(35)24(31)13-12-23(27(20(2)3)28(36)37)21-10-11-22-18-33-34(25(22)17-21)15-9-16-39-6/h10-11,17-18,20,23-24,26-27,35H,7-9,12-16,19,31H2,1-6H3,(H,32,38)(H,36,37)/t23?,24-,26-,27-/m0/s1. The molecule has 1 aromatic carbocycles. The summed E-state index contributed by atoms with van der Waals surface area (Å²) in [4.78, 5) is 25.0. The Labute approximate surface area is 233 Å². The number of hydrogen-bond acceptors (Lipinski definition) is 6. The smallest absolute Gasteiger partial charge is 0.307 e. The number of carbonyl (C=O) groups is 2. The number of aliphatic hydroxyl groups excluding tert-OH is 1. The second-order valence-corrected chi connectivity index (χ2v) is 11.8. The van der Waals surface area contributed by atoms with Crippen LogP contribution in [0.2, 0.25) is 0 Å².